The van der Waals surface area contributed by atoms with E-state index in [0.29, 0.717) is 6.04 Å². The van der Waals surface area contributed by atoms with Gasteiger partial charge in [-0.3, -0.25) is 0 Å². The largest absolute Gasteiger partial charge is 0.497 e. The van der Waals surface area contributed by atoms with Crippen molar-refractivity contribution in [2.24, 2.45) is 0 Å². The minimum atomic E-state index is 0.364. The Labute approximate surface area is 125 Å². The first-order valence-electron chi connectivity index (χ1n) is 6.94. The molecule has 20 heavy (non-hydrogen) atoms. The smallest absolute Gasteiger partial charge is 0.118 e. The van der Waals surface area contributed by atoms with Crippen LogP contribution in [-0.4, -0.2) is 12.1 Å². The molecule has 1 aromatic carbocycles. The Morgan fingerprint density at radius 2 is 1.95 bits per heavy atom. The Morgan fingerprint density at radius 1 is 1.25 bits per heavy atom. The predicted molar refractivity (Wildman–Crippen MR) is 84.5 cm³/mol. The maximum atomic E-state index is 5.20. The summed E-state index contributed by atoms with van der Waals surface area (Å²) in [5.74, 6) is 0.900. The first-order valence-corrected chi connectivity index (χ1v) is 7.76. The zero-order valence-corrected chi connectivity index (χ0v) is 13.4. The number of aryl methyl sites for hydroxylation is 2. The second-order valence-corrected chi connectivity index (χ2v) is 6.14. The summed E-state index contributed by atoms with van der Waals surface area (Å²) in [6.45, 7) is 7.21. The van der Waals surface area contributed by atoms with Gasteiger partial charge in [0.25, 0.3) is 0 Å². The number of thiazole rings is 1. The topological polar surface area (TPSA) is 34.2 Å². The van der Waals surface area contributed by atoms with Gasteiger partial charge in [-0.05, 0) is 38.0 Å². The molecular weight excluding hydrogens is 268 g/mol. The summed E-state index contributed by atoms with van der Waals surface area (Å²) in [5, 5.41) is 4.76. The molecule has 0 saturated carbocycles. The van der Waals surface area contributed by atoms with Crippen LogP contribution in [0.1, 0.15) is 40.5 Å². The second-order valence-electron chi connectivity index (χ2n) is 4.86. The molecule has 4 heteroatoms. The average Bonchev–Trinajstić information content (AvgIpc) is 2.78. The van der Waals surface area contributed by atoms with Crippen molar-refractivity contribution in [1.82, 2.24) is 10.3 Å². The van der Waals surface area contributed by atoms with Gasteiger partial charge in [0.15, 0.2) is 0 Å². The van der Waals surface area contributed by atoms with Crippen molar-refractivity contribution in [3.8, 4) is 5.75 Å². The Hall–Kier alpha value is -1.39. The molecule has 1 heterocycles. The van der Waals surface area contributed by atoms with E-state index in [-0.39, 0.29) is 0 Å². The molecule has 108 valence electrons. The predicted octanol–water partition coefficient (Wildman–Crippen LogP) is 4.01. The lowest BCUT2D eigenvalue weighted by molar-refractivity contribution is 0.414. The molecule has 1 unspecified atom stereocenters. The number of hydrogen-bond donors (Lipinski definition) is 1. The maximum Gasteiger partial charge on any atom is 0.118 e. The van der Waals surface area contributed by atoms with Crippen LogP contribution in [0, 0.1) is 13.8 Å². The SMILES string of the molecule is CCC(NCc1sc(C)nc1C)c1ccc(OC)cc1. The van der Waals surface area contributed by atoms with Gasteiger partial charge in [-0.1, -0.05) is 19.1 Å². The normalized spacial score (nSPS) is 12.4. The average molecular weight is 290 g/mol. The van der Waals surface area contributed by atoms with Crippen LogP contribution in [0.4, 0.5) is 0 Å². The fourth-order valence-electron chi connectivity index (χ4n) is 2.29. The molecule has 1 aromatic heterocycles. The van der Waals surface area contributed by atoms with Crippen LogP contribution in [0.15, 0.2) is 24.3 Å². The number of nitrogens with zero attached hydrogens (tertiary/aromatic N) is 1. The first-order chi connectivity index (χ1) is 9.63. The fourth-order valence-corrected chi connectivity index (χ4v) is 3.18. The van der Waals surface area contributed by atoms with Gasteiger partial charge in [0.1, 0.15) is 5.75 Å². The molecule has 0 fully saturated rings. The van der Waals surface area contributed by atoms with Crippen LogP contribution in [-0.2, 0) is 6.54 Å². The van der Waals surface area contributed by atoms with E-state index < -0.39 is 0 Å². The van der Waals surface area contributed by atoms with Crippen LogP contribution in [0.25, 0.3) is 0 Å². The highest BCUT2D eigenvalue weighted by Crippen LogP contribution is 2.22. The highest BCUT2D eigenvalue weighted by Gasteiger charge is 2.11. The van der Waals surface area contributed by atoms with Crippen molar-refractivity contribution < 1.29 is 4.74 Å². The zero-order valence-electron chi connectivity index (χ0n) is 12.6. The van der Waals surface area contributed by atoms with E-state index in [9.17, 15) is 0 Å². The molecule has 0 amide bonds. The number of aromatic nitrogens is 1. The molecule has 0 spiro atoms. The molecule has 0 bridgehead atoms. The Morgan fingerprint density at radius 3 is 2.45 bits per heavy atom. The summed E-state index contributed by atoms with van der Waals surface area (Å²) < 4.78 is 5.20. The summed E-state index contributed by atoms with van der Waals surface area (Å²) >= 11 is 1.77. The highest BCUT2D eigenvalue weighted by molar-refractivity contribution is 7.11. The van der Waals surface area contributed by atoms with E-state index in [4.69, 9.17) is 4.74 Å². The van der Waals surface area contributed by atoms with Gasteiger partial charge in [-0.15, -0.1) is 11.3 Å². The van der Waals surface area contributed by atoms with E-state index in [2.05, 4.69) is 43.2 Å². The molecule has 1 N–H and O–H groups in total. The molecule has 2 aromatic rings. The van der Waals surface area contributed by atoms with E-state index >= 15 is 0 Å². The van der Waals surface area contributed by atoms with E-state index in [1.807, 2.05) is 12.1 Å². The minimum Gasteiger partial charge on any atom is -0.497 e. The van der Waals surface area contributed by atoms with Crippen LogP contribution in [0.5, 0.6) is 5.75 Å². The molecule has 1 atom stereocenters. The summed E-state index contributed by atoms with van der Waals surface area (Å²) in [7, 11) is 1.69. The Kier molecular flexibility index (Phi) is 5.15. The molecule has 3 nitrogen and oxygen atoms in total. The number of nitrogens with one attached hydrogen (secondary N) is 1. The van der Waals surface area contributed by atoms with Crippen molar-refractivity contribution in [3.05, 3.63) is 45.4 Å². The molecule has 0 aliphatic carbocycles. The third-order valence-electron chi connectivity index (χ3n) is 3.44. The van der Waals surface area contributed by atoms with Gasteiger partial charge in [0.2, 0.25) is 0 Å². The van der Waals surface area contributed by atoms with Gasteiger partial charge in [0.05, 0.1) is 17.8 Å². The summed E-state index contributed by atoms with van der Waals surface area (Å²) in [4.78, 5) is 5.80. The second kappa shape index (κ2) is 6.86. The maximum absolute atomic E-state index is 5.20. The summed E-state index contributed by atoms with van der Waals surface area (Å²) in [6.07, 6.45) is 1.06. The van der Waals surface area contributed by atoms with Gasteiger partial charge >= 0.3 is 0 Å². The Balaban J connectivity index is 2.03. The monoisotopic (exact) mass is 290 g/mol. The van der Waals surface area contributed by atoms with Crippen LogP contribution < -0.4 is 10.1 Å². The number of benzene rings is 1. The van der Waals surface area contributed by atoms with E-state index in [1.54, 1.807) is 18.4 Å². The molecule has 2 rings (SSSR count). The number of hydrogen-bond acceptors (Lipinski definition) is 4. The van der Waals surface area contributed by atoms with Crippen LogP contribution in [0.3, 0.4) is 0 Å². The van der Waals surface area contributed by atoms with Crippen molar-refractivity contribution >= 4 is 11.3 Å². The van der Waals surface area contributed by atoms with Crippen molar-refractivity contribution in [2.45, 2.75) is 39.8 Å². The molecular formula is C16H22N2OS. The lowest BCUT2D eigenvalue weighted by Gasteiger charge is -2.17. The van der Waals surface area contributed by atoms with Crippen LogP contribution in [0.2, 0.25) is 0 Å². The highest BCUT2D eigenvalue weighted by atomic mass is 32.1. The third-order valence-corrected chi connectivity index (χ3v) is 4.51. The van der Waals surface area contributed by atoms with Crippen molar-refractivity contribution in [3.63, 3.8) is 0 Å². The molecule has 0 aliphatic rings. The van der Waals surface area contributed by atoms with E-state index in [0.717, 1.165) is 29.4 Å². The van der Waals surface area contributed by atoms with Gasteiger partial charge in [-0.2, -0.15) is 0 Å². The van der Waals surface area contributed by atoms with Gasteiger partial charge < -0.3 is 10.1 Å². The van der Waals surface area contributed by atoms with Gasteiger partial charge in [-0.25, -0.2) is 4.98 Å². The standard InChI is InChI=1S/C16H22N2OS/c1-5-15(13-6-8-14(19-4)9-7-13)17-10-16-11(2)18-12(3)20-16/h6-9,15,17H,5,10H2,1-4H3. The zero-order chi connectivity index (χ0) is 14.5. The number of rotatable bonds is 6. The first kappa shape index (κ1) is 15.0. The summed E-state index contributed by atoms with van der Waals surface area (Å²) in [5.41, 5.74) is 2.44. The molecule has 0 radical (unpaired) electrons. The quantitative estimate of drug-likeness (QED) is 0.873. The third kappa shape index (κ3) is 3.58. The minimum absolute atomic E-state index is 0.364. The van der Waals surface area contributed by atoms with Crippen molar-refractivity contribution in [2.75, 3.05) is 7.11 Å². The van der Waals surface area contributed by atoms with E-state index in [1.165, 1.54) is 10.4 Å². The number of methoxy groups -OCH3 is 1. The Bertz CT molecular complexity index is 548. The lowest BCUT2D eigenvalue weighted by atomic mass is 10.0. The van der Waals surface area contributed by atoms with Crippen LogP contribution >= 0.6 is 11.3 Å². The lowest BCUT2D eigenvalue weighted by Crippen LogP contribution is -2.20. The molecule has 0 saturated heterocycles. The molecule has 0 aliphatic heterocycles. The van der Waals surface area contributed by atoms with Crippen molar-refractivity contribution in [1.29, 1.82) is 0 Å². The fraction of sp³-hybridized carbons (Fsp3) is 0.438. The van der Waals surface area contributed by atoms with Gasteiger partial charge in [0, 0.05) is 17.5 Å². The number of ether oxygens (including phenoxy) is 1. The summed E-state index contributed by atoms with van der Waals surface area (Å²) in [6, 6.07) is 8.65.